The first-order valence-corrected chi connectivity index (χ1v) is 10.7. The number of likely N-dealkylation sites (tertiary alicyclic amines) is 1. The largest absolute Gasteiger partial charge is 0.459 e. The van der Waals surface area contributed by atoms with Crippen LogP contribution in [0.3, 0.4) is 0 Å². The average Bonchev–Trinajstić information content (AvgIpc) is 3.32. The molecule has 158 valence electrons. The van der Waals surface area contributed by atoms with Gasteiger partial charge >= 0.3 is 5.97 Å². The van der Waals surface area contributed by atoms with E-state index in [-0.39, 0.29) is 12.1 Å². The molecular formula is C24H30N4O2. The molecule has 0 N–H and O–H groups in total. The molecule has 0 aliphatic carbocycles. The lowest BCUT2D eigenvalue weighted by Crippen LogP contribution is -2.29. The second-order valence-corrected chi connectivity index (χ2v) is 8.37. The molecule has 6 heteroatoms. The van der Waals surface area contributed by atoms with Crippen LogP contribution in [0.15, 0.2) is 37.3 Å². The third-order valence-corrected chi connectivity index (χ3v) is 5.80. The van der Waals surface area contributed by atoms with Crippen molar-refractivity contribution in [1.29, 1.82) is 0 Å². The molecule has 6 nitrogen and oxygen atoms in total. The minimum Gasteiger partial charge on any atom is -0.459 e. The SMILES string of the molecule is C=C(c1c(C)c(C(=O)OC(C)C)cc2cc(-c3nccn3C)cn12)N1CCCCC1. The Kier molecular flexibility index (Phi) is 5.41. The highest BCUT2D eigenvalue weighted by Gasteiger charge is 2.23. The number of aryl methyl sites for hydroxylation is 1. The summed E-state index contributed by atoms with van der Waals surface area (Å²) >= 11 is 0. The molecule has 0 bridgehead atoms. The Labute approximate surface area is 177 Å². The van der Waals surface area contributed by atoms with Crippen molar-refractivity contribution in [1.82, 2.24) is 18.9 Å². The number of hydrogen-bond donors (Lipinski definition) is 0. The molecule has 1 fully saturated rings. The molecule has 1 aliphatic heterocycles. The van der Waals surface area contributed by atoms with Gasteiger partial charge in [0.25, 0.3) is 0 Å². The Bertz CT molecular complexity index is 1100. The van der Waals surface area contributed by atoms with Crippen molar-refractivity contribution in [2.45, 2.75) is 46.1 Å². The lowest BCUT2D eigenvalue weighted by Gasteiger charge is -2.32. The van der Waals surface area contributed by atoms with Crippen molar-refractivity contribution >= 4 is 17.2 Å². The van der Waals surface area contributed by atoms with Gasteiger partial charge in [0.2, 0.25) is 0 Å². The maximum atomic E-state index is 12.9. The fraction of sp³-hybridized carbons (Fsp3) is 0.417. The third-order valence-electron chi connectivity index (χ3n) is 5.80. The Morgan fingerprint density at radius 2 is 1.93 bits per heavy atom. The highest BCUT2D eigenvalue weighted by Crippen LogP contribution is 2.31. The number of pyridine rings is 1. The lowest BCUT2D eigenvalue weighted by molar-refractivity contribution is 0.0377. The van der Waals surface area contributed by atoms with E-state index in [1.807, 2.05) is 44.6 Å². The zero-order valence-corrected chi connectivity index (χ0v) is 18.3. The van der Waals surface area contributed by atoms with Gasteiger partial charge in [0.1, 0.15) is 5.82 Å². The number of hydrogen-bond acceptors (Lipinski definition) is 4. The van der Waals surface area contributed by atoms with Crippen molar-refractivity contribution < 1.29 is 9.53 Å². The number of esters is 1. The quantitative estimate of drug-likeness (QED) is 0.578. The number of carbonyl (C=O) groups excluding carboxylic acids is 1. The maximum absolute atomic E-state index is 12.9. The predicted octanol–water partition coefficient (Wildman–Crippen LogP) is 4.67. The highest BCUT2D eigenvalue weighted by atomic mass is 16.5. The third kappa shape index (κ3) is 3.62. The molecule has 4 rings (SSSR count). The normalized spacial score (nSPS) is 14.5. The van der Waals surface area contributed by atoms with Gasteiger partial charge in [-0.25, -0.2) is 9.78 Å². The van der Waals surface area contributed by atoms with Crippen LogP contribution < -0.4 is 0 Å². The van der Waals surface area contributed by atoms with Crippen LogP contribution in [0.5, 0.6) is 0 Å². The highest BCUT2D eigenvalue weighted by molar-refractivity contribution is 5.94. The van der Waals surface area contributed by atoms with E-state index in [9.17, 15) is 4.79 Å². The van der Waals surface area contributed by atoms with Crippen molar-refractivity contribution in [3.8, 4) is 11.4 Å². The molecule has 1 saturated heterocycles. The van der Waals surface area contributed by atoms with E-state index in [1.54, 1.807) is 6.20 Å². The molecule has 1 aliphatic rings. The van der Waals surface area contributed by atoms with E-state index < -0.39 is 0 Å². The van der Waals surface area contributed by atoms with Crippen LogP contribution in [0.25, 0.3) is 22.6 Å². The van der Waals surface area contributed by atoms with E-state index in [1.165, 1.54) is 19.3 Å². The van der Waals surface area contributed by atoms with E-state index >= 15 is 0 Å². The number of piperidine rings is 1. The van der Waals surface area contributed by atoms with Gasteiger partial charge in [-0.2, -0.15) is 0 Å². The van der Waals surface area contributed by atoms with Gasteiger partial charge in [0.05, 0.1) is 23.1 Å². The molecule has 0 spiro atoms. The maximum Gasteiger partial charge on any atom is 0.338 e. The minimum absolute atomic E-state index is 0.170. The minimum atomic E-state index is -0.294. The van der Waals surface area contributed by atoms with Crippen molar-refractivity contribution in [3.05, 3.63) is 54.1 Å². The molecule has 30 heavy (non-hydrogen) atoms. The zero-order chi connectivity index (χ0) is 21.4. The van der Waals surface area contributed by atoms with Crippen LogP contribution in [0.4, 0.5) is 0 Å². The fourth-order valence-electron chi connectivity index (χ4n) is 4.27. The second-order valence-electron chi connectivity index (χ2n) is 8.37. The summed E-state index contributed by atoms with van der Waals surface area (Å²) in [4.78, 5) is 19.7. The number of carbonyl (C=O) groups is 1. The molecule has 0 radical (unpaired) electrons. The van der Waals surface area contributed by atoms with E-state index in [0.29, 0.717) is 5.56 Å². The standard InChI is InChI=1S/C24H30N4O2/c1-16(2)30-24(29)21-14-20-13-19(23-25-9-12-26(23)5)15-28(20)22(17(21)3)18(4)27-10-7-6-8-11-27/h9,12-16H,4,6-8,10-11H2,1-3,5H3. The van der Waals surface area contributed by atoms with Gasteiger partial charge in [0.15, 0.2) is 0 Å². The van der Waals surface area contributed by atoms with E-state index in [2.05, 4.69) is 33.1 Å². The van der Waals surface area contributed by atoms with Gasteiger partial charge in [-0.3, -0.25) is 0 Å². The van der Waals surface area contributed by atoms with Crippen LogP contribution in [-0.4, -0.2) is 44.0 Å². The molecule has 0 aromatic carbocycles. The summed E-state index contributed by atoms with van der Waals surface area (Å²) in [5.74, 6) is 0.592. The number of ether oxygens (including phenoxy) is 1. The van der Waals surface area contributed by atoms with Gasteiger partial charge < -0.3 is 18.6 Å². The summed E-state index contributed by atoms with van der Waals surface area (Å²) in [6.45, 7) is 12.2. The smallest absolute Gasteiger partial charge is 0.338 e. The zero-order valence-electron chi connectivity index (χ0n) is 18.3. The topological polar surface area (TPSA) is 51.8 Å². The summed E-state index contributed by atoms with van der Waals surface area (Å²) in [6, 6.07) is 3.99. The molecule has 3 aromatic rings. The first-order chi connectivity index (χ1) is 14.4. The average molecular weight is 407 g/mol. The second kappa shape index (κ2) is 8.01. The molecule has 3 aromatic heterocycles. The Morgan fingerprint density at radius 3 is 2.57 bits per heavy atom. The Hall–Kier alpha value is -3.02. The predicted molar refractivity (Wildman–Crippen MR) is 119 cm³/mol. The van der Waals surface area contributed by atoms with Crippen LogP contribution in [0.1, 0.15) is 54.7 Å². The van der Waals surface area contributed by atoms with Crippen LogP contribution in [0.2, 0.25) is 0 Å². The Balaban J connectivity index is 1.89. The van der Waals surface area contributed by atoms with Gasteiger partial charge in [-0.1, -0.05) is 6.58 Å². The van der Waals surface area contributed by atoms with Crippen LogP contribution in [0, 0.1) is 6.92 Å². The molecule has 0 unspecified atom stereocenters. The molecule has 0 atom stereocenters. The monoisotopic (exact) mass is 406 g/mol. The number of aromatic nitrogens is 3. The first kappa shape index (κ1) is 20.3. The summed E-state index contributed by atoms with van der Waals surface area (Å²) < 4.78 is 9.67. The molecule has 4 heterocycles. The summed E-state index contributed by atoms with van der Waals surface area (Å²) in [7, 11) is 1.98. The molecular weight excluding hydrogens is 376 g/mol. The van der Waals surface area contributed by atoms with Crippen molar-refractivity contribution in [3.63, 3.8) is 0 Å². The number of imidazole rings is 1. The van der Waals surface area contributed by atoms with E-state index in [4.69, 9.17) is 4.74 Å². The molecule has 0 amide bonds. The summed E-state index contributed by atoms with van der Waals surface area (Å²) in [5, 5.41) is 0. The van der Waals surface area contributed by atoms with Crippen LogP contribution >= 0.6 is 0 Å². The van der Waals surface area contributed by atoms with Crippen LogP contribution in [-0.2, 0) is 11.8 Å². The fourth-order valence-corrected chi connectivity index (χ4v) is 4.27. The van der Waals surface area contributed by atoms with Crippen molar-refractivity contribution in [2.24, 2.45) is 7.05 Å². The summed E-state index contributed by atoms with van der Waals surface area (Å²) in [6.07, 6.45) is 9.24. The first-order valence-electron chi connectivity index (χ1n) is 10.7. The van der Waals surface area contributed by atoms with Gasteiger partial charge in [-0.05, 0) is 57.7 Å². The lowest BCUT2D eigenvalue weighted by atomic mass is 10.0. The molecule has 0 saturated carbocycles. The van der Waals surface area contributed by atoms with Gasteiger partial charge in [0, 0.05) is 49.8 Å². The van der Waals surface area contributed by atoms with Gasteiger partial charge in [-0.15, -0.1) is 0 Å². The van der Waals surface area contributed by atoms with Crippen molar-refractivity contribution in [2.75, 3.05) is 13.1 Å². The number of fused-ring (bicyclic) bond motifs is 1. The Morgan fingerprint density at radius 1 is 1.20 bits per heavy atom. The number of rotatable bonds is 5. The number of nitrogens with zero attached hydrogens (tertiary/aromatic N) is 4. The summed E-state index contributed by atoms with van der Waals surface area (Å²) in [5.41, 5.74) is 5.34. The van der Waals surface area contributed by atoms with E-state index in [0.717, 1.165) is 46.9 Å².